The van der Waals surface area contributed by atoms with Crippen molar-refractivity contribution in [1.29, 1.82) is 0 Å². The minimum Gasteiger partial charge on any atom is -0.361 e. The third-order valence-corrected chi connectivity index (χ3v) is 1.94. The maximum absolute atomic E-state index is 11.2. The SMILES string of the molecule is CNC(=O)c1ccc(NCc2nn[nH]n2)nn1. The molecule has 0 bridgehead atoms. The van der Waals surface area contributed by atoms with Crippen LogP contribution in [0.2, 0.25) is 0 Å². The molecule has 2 aromatic heterocycles. The van der Waals surface area contributed by atoms with Gasteiger partial charge >= 0.3 is 0 Å². The topological polar surface area (TPSA) is 121 Å². The van der Waals surface area contributed by atoms with Crippen molar-refractivity contribution < 1.29 is 4.79 Å². The van der Waals surface area contributed by atoms with Crippen LogP contribution in [0.25, 0.3) is 0 Å². The Morgan fingerprint density at radius 2 is 2.24 bits per heavy atom. The summed E-state index contributed by atoms with van der Waals surface area (Å²) in [6.45, 7) is 0.379. The average molecular weight is 234 g/mol. The first-order chi connectivity index (χ1) is 8.29. The van der Waals surface area contributed by atoms with Crippen molar-refractivity contribution >= 4 is 11.7 Å². The molecule has 0 aromatic carbocycles. The molecule has 9 nitrogen and oxygen atoms in total. The lowest BCUT2D eigenvalue weighted by atomic mass is 10.3. The zero-order chi connectivity index (χ0) is 12.1. The summed E-state index contributed by atoms with van der Waals surface area (Å²) in [5.41, 5.74) is 0.262. The van der Waals surface area contributed by atoms with E-state index in [9.17, 15) is 4.79 Å². The van der Waals surface area contributed by atoms with Gasteiger partial charge < -0.3 is 10.6 Å². The van der Waals surface area contributed by atoms with Gasteiger partial charge in [0.25, 0.3) is 5.91 Å². The molecule has 0 atom stereocenters. The molecule has 17 heavy (non-hydrogen) atoms. The monoisotopic (exact) mass is 234 g/mol. The Balaban J connectivity index is 1.96. The number of rotatable bonds is 4. The Hall–Kier alpha value is -2.58. The van der Waals surface area contributed by atoms with Crippen LogP contribution in [0.3, 0.4) is 0 Å². The van der Waals surface area contributed by atoms with E-state index in [4.69, 9.17) is 0 Å². The normalized spacial score (nSPS) is 9.94. The zero-order valence-corrected chi connectivity index (χ0v) is 9.01. The molecule has 88 valence electrons. The highest BCUT2D eigenvalue weighted by Crippen LogP contribution is 2.02. The number of tetrazole rings is 1. The van der Waals surface area contributed by atoms with Gasteiger partial charge in [-0.1, -0.05) is 5.21 Å². The van der Waals surface area contributed by atoms with E-state index in [0.29, 0.717) is 18.2 Å². The van der Waals surface area contributed by atoms with Crippen LogP contribution >= 0.6 is 0 Å². The summed E-state index contributed by atoms with van der Waals surface area (Å²) in [5, 5.41) is 26.3. The smallest absolute Gasteiger partial charge is 0.271 e. The Bertz CT molecular complexity index is 479. The van der Waals surface area contributed by atoms with Crippen LogP contribution in [0, 0.1) is 0 Å². The van der Waals surface area contributed by atoms with Gasteiger partial charge in [-0.05, 0) is 12.1 Å². The molecule has 0 aliphatic rings. The number of nitrogens with zero attached hydrogens (tertiary/aromatic N) is 5. The lowest BCUT2D eigenvalue weighted by Gasteiger charge is -2.02. The van der Waals surface area contributed by atoms with Crippen molar-refractivity contribution in [2.45, 2.75) is 6.54 Å². The van der Waals surface area contributed by atoms with Gasteiger partial charge in [0.05, 0.1) is 6.54 Å². The van der Waals surface area contributed by atoms with E-state index in [1.54, 1.807) is 12.1 Å². The highest BCUT2D eigenvalue weighted by molar-refractivity contribution is 5.91. The molecule has 1 amide bonds. The number of aromatic nitrogens is 6. The second kappa shape index (κ2) is 4.96. The summed E-state index contributed by atoms with van der Waals surface area (Å²) in [5.74, 6) is 0.770. The van der Waals surface area contributed by atoms with Crippen molar-refractivity contribution in [2.24, 2.45) is 0 Å². The molecule has 0 radical (unpaired) electrons. The fourth-order valence-corrected chi connectivity index (χ4v) is 1.10. The summed E-state index contributed by atoms with van der Waals surface area (Å²) >= 11 is 0. The van der Waals surface area contributed by atoms with Crippen LogP contribution in [0.15, 0.2) is 12.1 Å². The Morgan fingerprint density at radius 1 is 1.35 bits per heavy atom. The fourth-order valence-electron chi connectivity index (χ4n) is 1.10. The number of carbonyl (C=O) groups is 1. The first kappa shape index (κ1) is 10.9. The van der Waals surface area contributed by atoms with E-state index in [2.05, 4.69) is 41.5 Å². The summed E-state index contributed by atoms with van der Waals surface area (Å²) in [6, 6.07) is 3.22. The molecular weight excluding hydrogens is 224 g/mol. The molecule has 3 N–H and O–H groups in total. The van der Waals surface area contributed by atoms with Gasteiger partial charge in [-0.3, -0.25) is 4.79 Å². The number of hydrogen-bond donors (Lipinski definition) is 3. The molecule has 0 spiro atoms. The van der Waals surface area contributed by atoms with Gasteiger partial charge in [-0.25, -0.2) is 0 Å². The van der Waals surface area contributed by atoms with E-state index in [-0.39, 0.29) is 11.6 Å². The van der Waals surface area contributed by atoms with Crippen LogP contribution in [0.4, 0.5) is 5.82 Å². The molecule has 0 aliphatic carbocycles. The number of aromatic amines is 1. The van der Waals surface area contributed by atoms with E-state index in [0.717, 1.165) is 0 Å². The lowest BCUT2D eigenvalue weighted by Crippen LogP contribution is -2.19. The van der Waals surface area contributed by atoms with Crippen LogP contribution in [0.5, 0.6) is 0 Å². The highest BCUT2D eigenvalue weighted by Gasteiger charge is 2.05. The molecule has 0 fully saturated rings. The van der Waals surface area contributed by atoms with Crippen molar-refractivity contribution in [3.05, 3.63) is 23.7 Å². The molecule has 9 heteroatoms. The first-order valence-corrected chi connectivity index (χ1v) is 4.81. The number of hydrogen-bond acceptors (Lipinski definition) is 7. The quantitative estimate of drug-likeness (QED) is 0.617. The first-order valence-electron chi connectivity index (χ1n) is 4.81. The fraction of sp³-hybridized carbons (Fsp3) is 0.250. The van der Waals surface area contributed by atoms with Gasteiger partial charge in [0.1, 0.15) is 5.82 Å². The molecule has 0 saturated carbocycles. The van der Waals surface area contributed by atoms with Crippen molar-refractivity contribution in [1.82, 2.24) is 36.1 Å². The molecule has 0 saturated heterocycles. The predicted molar refractivity (Wildman–Crippen MR) is 56.9 cm³/mol. The number of H-pyrrole nitrogens is 1. The van der Waals surface area contributed by atoms with Gasteiger partial charge in [0.15, 0.2) is 11.5 Å². The molecule has 2 heterocycles. The second-order valence-electron chi connectivity index (χ2n) is 3.06. The standard InChI is InChI=1S/C8H10N8O/c1-9-8(17)5-2-3-6(12-11-5)10-4-7-13-15-16-14-7/h2-3H,4H2,1H3,(H,9,17)(H,10,12)(H,13,14,15,16). The number of nitrogens with one attached hydrogen (secondary N) is 3. The Labute approximate surface area is 96.0 Å². The van der Waals surface area contributed by atoms with Gasteiger partial charge in [-0.15, -0.1) is 20.4 Å². The van der Waals surface area contributed by atoms with Crippen molar-refractivity contribution in [3.63, 3.8) is 0 Å². The summed E-state index contributed by atoms with van der Waals surface area (Å²) in [6.07, 6.45) is 0. The van der Waals surface area contributed by atoms with Gasteiger partial charge in [0, 0.05) is 7.05 Å². The van der Waals surface area contributed by atoms with E-state index in [1.807, 2.05) is 0 Å². The minimum atomic E-state index is -0.276. The van der Waals surface area contributed by atoms with Gasteiger partial charge in [0.2, 0.25) is 0 Å². The van der Waals surface area contributed by atoms with E-state index < -0.39 is 0 Å². The Morgan fingerprint density at radius 3 is 2.82 bits per heavy atom. The van der Waals surface area contributed by atoms with Crippen molar-refractivity contribution in [2.75, 3.05) is 12.4 Å². The zero-order valence-electron chi connectivity index (χ0n) is 9.01. The van der Waals surface area contributed by atoms with Gasteiger partial charge in [-0.2, -0.15) is 5.21 Å². The van der Waals surface area contributed by atoms with E-state index in [1.165, 1.54) is 7.05 Å². The molecule has 2 aromatic rings. The third kappa shape index (κ3) is 2.71. The maximum Gasteiger partial charge on any atom is 0.271 e. The summed E-state index contributed by atoms with van der Waals surface area (Å²) in [7, 11) is 1.53. The van der Waals surface area contributed by atoms with Crippen LogP contribution < -0.4 is 10.6 Å². The third-order valence-electron chi connectivity index (χ3n) is 1.94. The number of anilines is 1. The van der Waals surface area contributed by atoms with Crippen molar-refractivity contribution in [3.8, 4) is 0 Å². The highest BCUT2D eigenvalue weighted by atomic mass is 16.1. The molecule has 0 aliphatic heterocycles. The Kier molecular flexibility index (Phi) is 3.19. The average Bonchev–Trinajstić information content (AvgIpc) is 2.89. The predicted octanol–water partition coefficient (Wildman–Crippen LogP) is -1.04. The van der Waals surface area contributed by atoms with Crippen LogP contribution in [-0.2, 0) is 6.54 Å². The summed E-state index contributed by atoms with van der Waals surface area (Å²) < 4.78 is 0. The summed E-state index contributed by atoms with van der Waals surface area (Å²) in [4.78, 5) is 11.2. The maximum atomic E-state index is 11.2. The number of amides is 1. The van der Waals surface area contributed by atoms with E-state index >= 15 is 0 Å². The second-order valence-corrected chi connectivity index (χ2v) is 3.06. The van der Waals surface area contributed by atoms with Crippen LogP contribution in [0.1, 0.15) is 16.3 Å². The number of carbonyl (C=O) groups excluding carboxylic acids is 1. The van der Waals surface area contributed by atoms with Crippen LogP contribution in [-0.4, -0.2) is 43.8 Å². The molecule has 2 rings (SSSR count). The largest absolute Gasteiger partial charge is 0.361 e. The minimum absolute atomic E-state index is 0.262. The molecular formula is C8H10N8O. The molecule has 0 unspecified atom stereocenters. The lowest BCUT2D eigenvalue weighted by molar-refractivity contribution is 0.0957.